The minimum absolute atomic E-state index is 0.0122. The lowest BCUT2D eigenvalue weighted by Crippen LogP contribution is -2.44. The Bertz CT molecular complexity index is 1460. The van der Waals surface area contributed by atoms with Gasteiger partial charge in [-0.1, -0.05) is 12.1 Å². The van der Waals surface area contributed by atoms with Crippen LogP contribution in [0.1, 0.15) is 36.0 Å². The fourth-order valence-electron chi connectivity index (χ4n) is 5.94. The summed E-state index contributed by atoms with van der Waals surface area (Å²) in [4.78, 5) is 31.4. The van der Waals surface area contributed by atoms with Gasteiger partial charge in [0.25, 0.3) is 5.91 Å². The highest BCUT2D eigenvalue weighted by Gasteiger charge is 2.28. The van der Waals surface area contributed by atoms with E-state index in [0.717, 1.165) is 65.0 Å². The topological polar surface area (TPSA) is 90.9 Å². The number of fused-ring (bicyclic) bond motifs is 2. The first-order valence-electron chi connectivity index (χ1n) is 14.3. The maximum Gasteiger partial charge on any atom is 0.256 e. The highest BCUT2D eigenvalue weighted by molar-refractivity contribution is 6.01. The van der Waals surface area contributed by atoms with Gasteiger partial charge < -0.3 is 35.1 Å². The van der Waals surface area contributed by atoms with Gasteiger partial charge in [0.05, 0.1) is 11.1 Å². The molecule has 6 rings (SSSR count). The lowest BCUT2D eigenvalue weighted by molar-refractivity contribution is 0.0951. The highest BCUT2D eigenvalue weighted by Crippen LogP contribution is 2.45. The van der Waals surface area contributed by atoms with Crippen LogP contribution >= 0.6 is 0 Å². The van der Waals surface area contributed by atoms with E-state index in [1.165, 1.54) is 6.07 Å². The van der Waals surface area contributed by atoms with Gasteiger partial charge >= 0.3 is 0 Å². The molecule has 3 aliphatic rings. The van der Waals surface area contributed by atoms with Crippen LogP contribution in [0.15, 0.2) is 41.3 Å². The van der Waals surface area contributed by atoms with Gasteiger partial charge in [0, 0.05) is 51.5 Å². The van der Waals surface area contributed by atoms with Crippen LogP contribution in [0.3, 0.4) is 0 Å². The summed E-state index contributed by atoms with van der Waals surface area (Å²) in [6.45, 7) is 7.12. The predicted molar refractivity (Wildman–Crippen MR) is 155 cm³/mol. The monoisotopic (exact) mass is 548 g/mol. The smallest absolute Gasteiger partial charge is 0.256 e. The summed E-state index contributed by atoms with van der Waals surface area (Å²) < 4.78 is 23.6. The second-order valence-corrected chi connectivity index (χ2v) is 11.0. The molecule has 3 N–H and O–H groups in total. The lowest BCUT2D eigenvalue weighted by atomic mass is 10.1. The highest BCUT2D eigenvalue weighted by atomic mass is 19.1. The van der Waals surface area contributed by atoms with Gasteiger partial charge in [-0.15, -0.1) is 0 Å². The molecule has 9 nitrogen and oxygen atoms in total. The molecular weight excluding hydrogens is 511 g/mol. The maximum atomic E-state index is 15.6. The molecular formula is C30H37FN6O3. The normalized spacial score (nSPS) is 18.9. The molecule has 2 aromatic carbocycles. The van der Waals surface area contributed by atoms with Crippen molar-refractivity contribution in [2.45, 2.75) is 31.7 Å². The molecule has 0 saturated carbocycles. The van der Waals surface area contributed by atoms with E-state index in [-0.39, 0.29) is 22.4 Å². The van der Waals surface area contributed by atoms with Crippen LogP contribution in [-0.2, 0) is 0 Å². The van der Waals surface area contributed by atoms with Crippen molar-refractivity contribution in [2.75, 3.05) is 64.7 Å². The molecule has 10 heteroatoms. The fraction of sp³-hybridized carbons (Fsp3) is 0.467. The van der Waals surface area contributed by atoms with E-state index in [0.29, 0.717) is 36.1 Å². The summed E-state index contributed by atoms with van der Waals surface area (Å²) in [6, 6.07) is 8.99. The molecule has 3 aromatic rings. The number of rotatable bonds is 9. The Morgan fingerprint density at radius 3 is 2.80 bits per heavy atom. The summed E-state index contributed by atoms with van der Waals surface area (Å²) in [5, 5.41) is 9.67. The number of nitrogens with zero attached hydrogens (tertiary/aromatic N) is 3. The van der Waals surface area contributed by atoms with Gasteiger partial charge in [-0.3, -0.25) is 9.59 Å². The molecule has 212 valence electrons. The predicted octanol–water partition coefficient (Wildman–Crippen LogP) is 3.16. The van der Waals surface area contributed by atoms with Crippen LogP contribution in [0.4, 0.5) is 10.1 Å². The van der Waals surface area contributed by atoms with Gasteiger partial charge in [0.1, 0.15) is 16.8 Å². The number of benzene rings is 2. The minimum atomic E-state index is -0.574. The number of carbonyl (C=O) groups excluding carboxylic acids is 1. The average molecular weight is 549 g/mol. The van der Waals surface area contributed by atoms with Gasteiger partial charge in [0.15, 0.2) is 17.3 Å². The fourth-order valence-corrected chi connectivity index (χ4v) is 5.94. The number of carbonyl (C=O) groups is 1. The Labute approximate surface area is 233 Å². The van der Waals surface area contributed by atoms with E-state index < -0.39 is 17.2 Å². The van der Waals surface area contributed by atoms with E-state index in [9.17, 15) is 9.59 Å². The number of hydrogen-bond acceptors (Lipinski definition) is 7. The zero-order valence-electron chi connectivity index (χ0n) is 23.0. The number of anilines is 1. The summed E-state index contributed by atoms with van der Waals surface area (Å²) in [5.74, 6) is -0.227. The van der Waals surface area contributed by atoms with Crippen molar-refractivity contribution in [3.05, 3.63) is 58.1 Å². The molecule has 0 aliphatic carbocycles. The van der Waals surface area contributed by atoms with Crippen LogP contribution in [-0.4, -0.2) is 85.7 Å². The van der Waals surface area contributed by atoms with E-state index in [1.807, 2.05) is 18.2 Å². The van der Waals surface area contributed by atoms with Crippen molar-refractivity contribution in [3.8, 4) is 17.2 Å². The molecule has 1 unspecified atom stereocenters. The number of ether oxygens (including phenoxy) is 1. The average Bonchev–Trinajstić information content (AvgIpc) is 3.48. The SMILES string of the molecule is CN1CCN(CCCNc2c(F)cc3c(=O)c(C(=O)NCCC4CCCN4)cn4c3c2Oc2ccccc2-4)CC1. The number of likely N-dealkylation sites (N-methyl/N-ethyl adjacent to an activating group) is 1. The van der Waals surface area contributed by atoms with E-state index >= 15 is 4.39 Å². The van der Waals surface area contributed by atoms with E-state index in [1.54, 1.807) is 16.8 Å². The maximum absolute atomic E-state index is 15.6. The molecule has 0 bridgehead atoms. The largest absolute Gasteiger partial charge is 0.451 e. The van der Waals surface area contributed by atoms with Crippen LogP contribution in [0.25, 0.3) is 16.6 Å². The standard InChI is InChI=1S/C30H37FN6O3/c1-35-14-16-36(17-15-35)13-5-11-33-26-23(31)18-21-27-29(26)40-25-8-3-2-7-24(25)37(27)19-22(28(21)38)30(39)34-12-9-20-6-4-10-32-20/h2-3,7-8,18-20,32-33H,4-6,9-17H2,1H3,(H,34,39). The van der Waals surface area contributed by atoms with Crippen molar-refractivity contribution >= 4 is 22.5 Å². The molecule has 2 fully saturated rings. The van der Waals surface area contributed by atoms with Crippen LogP contribution < -0.4 is 26.1 Å². The first-order chi connectivity index (χ1) is 19.5. The molecule has 3 aliphatic heterocycles. The molecule has 1 atom stereocenters. The minimum Gasteiger partial charge on any atom is -0.451 e. The Kier molecular flexibility index (Phi) is 7.73. The quantitative estimate of drug-likeness (QED) is 0.277. The molecule has 0 spiro atoms. The molecule has 2 saturated heterocycles. The molecule has 0 radical (unpaired) electrons. The van der Waals surface area contributed by atoms with Gasteiger partial charge in [0.2, 0.25) is 5.43 Å². The second-order valence-electron chi connectivity index (χ2n) is 11.0. The number of halogens is 1. The van der Waals surface area contributed by atoms with Crippen LogP contribution in [0, 0.1) is 5.82 Å². The number of nitrogens with one attached hydrogen (secondary N) is 3. The first kappa shape index (κ1) is 26.7. The summed E-state index contributed by atoms with van der Waals surface area (Å²) in [7, 11) is 2.13. The summed E-state index contributed by atoms with van der Waals surface area (Å²) in [6.07, 6.45) is 5.43. The zero-order valence-corrected chi connectivity index (χ0v) is 23.0. The Morgan fingerprint density at radius 2 is 2.00 bits per heavy atom. The van der Waals surface area contributed by atoms with Gasteiger partial charge in [-0.05, 0) is 64.0 Å². The lowest BCUT2D eigenvalue weighted by Gasteiger charge is -2.32. The van der Waals surface area contributed by atoms with Crippen molar-refractivity contribution in [1.82, 2.24) is 25.0 Å². The number of para-hydroxylation sites is 2. The second kappa shape index (κ2) is 11.6. The first-order valence-corrected chi connectivity index (χ1v) is 14.3. The molecule has 4 heterocycles. The molecule has 40 heavy (non-hydrogen) atoms. The third-order valence-corrected chi connectivity index (χ3v) is 8.27. The Balaban J connectivity index is 1.28. The van der Waals surface area contributed by atoms with Crippen LogP contribution in [0.2, 0.25) is 0 Å². The third-order valence-electron chi connectivity index (χ3n) is 8.27. The van der Waals surface area contributed by atoms with Crippen molar-refractivity contribution < 1.29 is 13.9 Å². The number of pyridine rings is 1. The van der Waals surface area contributed by atoms with E-state index in [4.69, 9.17) is 4.74 Å². The Hall–Kier alpha value is -3.47. The van der Waals surface area contributed by atoms with Crippen molar-refractivity contribution in [2.24, 2.45) is 0 Å². The number of hydrogen-bond donors (Lipinski definition) is 3. The number of amides is 1. The number of aromatic nitrogens is 1. The van der Waals surface area contributed by atoms with Crippen molar-refractivity contribution in [3.63, 3.8) is 0 Å². The molecule has 1 aromatic heterocycles. The van der Waals surface area contributed by atoms with E-state index in [2.05, 4.69) is 32.8 Å². The summed E-state index contributed by atoms with van der Waals surface area (Å²) in [5.41, 5.74) is 0.860. The number of piperazine rings is 1. The Morgan fingerprint density at radius 1 is 1.18 bits per heavy atom. The molecule has 1 amide bonds. The zero-order chi connectivity index (χ0) is 27.6. The van der Waals surface area contributed by atoms with Gasteiger partial charge in [-0.25, -0.2) is 4.39 Å². The third kappa shape index (κ3) is 5.31. The van der Waals surface area contributed by atoms with Gasteiger partial charge in [-0.2, -0.15) is 0 Å². The van der Waals surface area contributed by atoms with Crippen molar-refractivity contribution in [1.29, 1.82) is 0 Å². The van der Waals surface area contributed by atoms with Crippen LogP contribution in [0.5, 0.6) is 11.5 Å². The summed E-state index contributed by atoms with van der Waals surface area (Å²) >= 11 is 0.